The van der Waals surface area contributed by atoms with Gasteiger partial charge in [0, 0.05) is 25.2 Å². The van der Waals surface area contributed by atoms with E-state index in [2.05, 4.69) is 34.5 Å². The SMILES string of the molecule is O=C(/C=C/c1ccco1)N[C@@H]1CCCN(CCc2ccccc2)C1. The van der Waals surface area contributed by atoms with Crippen molar-refractivity contribution in [3.63, 3.8) is 0 Å². The van der Waals surface area contributed by atoms with Crippen molar-refractivity contribution in [3.05, 3.63) is 66.1 Å². The highest BCUT2D eigenvalue weighted by Gasteiger charge is 2.20. The molecular weight excluding hydrogens is 300 g/mol. The second kappa shape index (κ2) is 8.50. The molecule has 2 aromatic rings. The van der Waals surface area contributed by atoms with Gasteiger partial charge in [-0.25, -0.2) is 0 Å². The van der Waals surface area contributed by atoms with Crippen molar-refractivity contribution >= 4 is 12.0 Å². The summed E-state index contributed by atoms with van der Waals surface area (Å²) in [4.78, 5) is 14.5. The van der Waals surface area contributed by atoms with Crippen LogP contribution >= 0.6 is 0 Å². The number of amides is 1. The van der Waals surface area contributed by atoms with Gasteiger partial charge in [-0.15, -0.1) is 0 Å². The van der Waals surface area contributed by atoms with Crippen LogP contribution < -0.4 is 5.32 Å². The fourth-order valence-corrected chi connectivity index (χ4v) is 3.10. The summed E-state index contributed by atoms with van der Waals surface area (Å²) >= 11 is 0. The zero-order chi connectivity index (χ0) is 16.6. The second-order valence-corrected chi connectivity index (χ2v) is 6.23. The molecule has 0 spiro atoms. The first-order valence-corrected chi connectivity index (χ1v) is 8.58. The van der Waals surface area contributed by atoms with Crippen LogP contribution in [0.2, 0.25) is 0 Å². The van der Waals surface area contributed by atoms with Crippen molar-refractivity contribution in [2.24, 2.45) is 0 Å². The van der Waals surface area contributed by atoms with Crippen molar-refractivity contribution in [3.8, 4) is 0 Å². The van der Waals surface area contributed by atoms with Crippen LogP contribution in [0.4, 0.5) is 0 Å². The van der Waals surface area contributed by atoms with E-state index in [4.69, 9.17) is 4.42 Å². The second-order valence-electron chi connectivity index (χ2n) is 6.23. The number of carbonyl (C=O) groups is 1. The number of benzene rings is 1. The molecule has 126 valence electrons. The molecule has 1 aliphatic rings. The van der Waals surface area contributed by atoms with Crippen molar-refractivity contribution in [1.29, 1.82) is 0 Å². The molecule has 2 heterocycles. The smallest absolute Gasteiger partial charge is 0.244 e. The molecule has 0 unspecified atom stereocenters. The van der Waals surface area contributed by atoms with Gasteiger partial charge in [-0.3, -0.25) is 4.79 Å². The predicted octanol–water partition coefficient (Wildman–Crippen LogP) is 3.12. The van der Waals surface area contributed by atoms with Gasteiger partial charge in [0.25, 0.3) is 0 Å². The molecule has 4 nitrogen and oxygen atoms in total. The summed E-state index contributed by atoms with van der Waals surface area (Å²) in [6.45, 7) is 3.08. The molecule has 0 radical (unpaired) electrons. The number of nitrogens with zero attached hydrogens (tertiary/aromatic N) is 1. The fourth-order valence-electron chi connectivity index (χ4n) is 3.10. The van der Waals surface area contributed by atoms with Gasteiger partial charge in [0.2, 0.25) is 5.91 Å². The first kappa shape index (κ1) is 16.5. The topological polar surface area (TPSA) is 45.5 Å². The van der Waals surface area contributed by atoms with Crippen LogP contribution in [0.25, 0.3) is 6.08 Å². The van der Waals surface area contributed by atoms with Crippen LogP contribution in [0.3, 0.4) is 0 Å². The summed E-state index contributed by atoms with van der Waals surface area (Å²) in [6, 6.07) is 14.4. The Morgan fingerprint density at radius 1 is 1.25 bits per heavy atom. The Kier molecular flexibility index (Phi) is 5.85. The van der Waals surface area contributed by atoms with E-state index in [1.54, 1.807) is 18.4 Å². The molecular formula is C20H24N2O2. The lowest BCUT2D eigenvalue weighted by Crippen LogP contribution is -2.47. The van der Waals surface area contributed by atoms with E-state index in [1.165, 1.54) is 5.56 Å². The Morgan fingerprint density at radius 2 is 2.12 bits per heavy atom. The highest BCUT2D eigenvalue weighted by atomic mass is 16.3. The third-order valence-electron chi connectivity index (χ3n) is 4.35. The van der Waals surface area contributed by atoms with Crippen molar-refractivity contribution < 1.29 is 9.21 Å². The number of carbonyl (C=O) groups excluding carboxylic acids is 1. The van der Waals surface area contributed by atoms with E-state index in [-0.39, 0.29) is 11.9 Å². The van der Waals surface area contributed by atoms with Crippen molar-refractivity contribution in [1.82, 2.24) is 10.2 Å². The fraction of sp³-hybridized carbons (Fsp3) is 0.350. The van der Waals surface area contributed by atoms with Gasteiger partial charge in [0.1, 0.15) is 5.76 Å². The minimum Gasteiger partial charge on any atom is -0.465 e. The first-order valence-electron chi connectivity index (χ1n) is 8.58. The average Bonchev–Trinajstić information content (AvgIpc) is 3.13. The minimum absolute atomic E-state index is 0.0543. The highest BCUT2D eigenvalue weighted by molar-refractivity contribution is 5.91. The average molecular weight is 324 g/mol. The van der Waals surface area contributed by atoms with Gasteiger partial charge in [-0.2, -0.15) is 0 Å². The summed E-state index contributed by atoms with van der Waals surface area (Å²) in [7, 11) is 0. The molecule has 0 aliphatic carbocycles. The maximum atomic E-state index is 12.0. The Morgan fingerprint density at radius 3 is 2.92 bits per heavy atom. The number of rotatable bonds is 6. The van der Waals surface area contributed by atoms with E-state index in [1.807, 2.05) is 18.2 Å². The molecule has 1 aromatic carbocycles. The van der Waals surface area contributed by atoms with Gasteiger partial charge in [0.05, 0.1) is 6.26 Å². The monoisotopic (exact) mass is 324 g/mol. The van der Waals surface area contributed by atoms with Gasteiger partial charge >= 0.3 is 0 Å². The molecule has 24 heavy (non-hydrogen) atoms. The van der Waals surface area contributed by atoms with Crippen LogP contribution in [0.15, 0.2) is 59.2 Å². The third-order valence-corrected chi connectivity index (χ3v) is 4.35. The number of hydrogen-bond donors (Lipinski definition) is 1. The lowest BCUT2D eigenvalue weighted by atomic mass is 10.0. The standard InChI is InChI=1S/C20H24N2O2/c23-20(11-10-19-9-5-15-24-19)21-18-8-4-13-22(16-18)14-12-17-6-2-1-3-7-17/h1-3,5-7,9-11,15,18H,4,8,12-14,16H2,(H,21,23)/b11-10+/t18-/m1/s1. The maximum absolute atomic E-state index is 12.0. The molecule has 3 rings (SSSR count). The van der Waals surface area contributed by atoms with E-state index in [0.29, 0.717) is 5.76 Å². The molecule has 1 N–H and O–H groups in total. The molecule has 0 bridgehead atoms. The van der Waals surface area contributed by atoms with E-state index >= 15 is 0 Å². The van der Waals surface area contributed by atoms with Crippen LogP contribution in [-0.4, -0.2) is 36.5 Å². The minimum atomic E-state index is -0.0543. The summed E-state index contributed by atoms with van der Waals surface area (Å²) in [5, 5.41) is 3.10. The molecule has 1 fully saturated rings. The Hall–Kier alpha value is -2.33. The largest absolute Gasteiger partial charge is 0.465 e. The summed E-state index contributed by atoms with van der Waals surface area (Å²) in [5.41, 5.74) is 1.37. The zero-order valence-electron chi connectivity index (χ0n) is 13.9. The van der Waals surface area contributed by atoms with Crippen LogP contribution in [-0.2, 0) is 11.2 Å². The first-order chi connectivity index (χ1) is 11.8. The van der Waals surface area contributed by atoms with Gasteiger partial charge in [-0.05, 0) is 49.6 Å². The maximum Gasteiger partial charge on any atom is 0.244 e. The molecule has 1 aromatic heterocycles. The van der Waals surface area contributed by atoms with Crippen LogP contribution in [0, 0.1) is 0 Å². The van der Waals surface area contributed by atoms with Crippen LogP contribution in [0.1, 0.15) is 24.2 Å². The number of furan rings is 1. The lowest BCUT2D eigenvalue weighted by Gasteiger charge is -2.33. The van der Waals surface area contributed by atoms with Crippen molar-refractivity contribution in [2.45, 2.75) is 25.3 Å². The highest BCUT2D eigenvalue weighted by Crippen LogP contribution is 2.11. The quantitative estimate of drug-likeness (QED) is 0.831. The molecule has 1 saturated heterocycles. The molecule has 1 amide bonds. The van der Waals surface area contributed by atoms with Gasteiger partial charge < -0.3 is 14.6 Å². The van der Waals surface area contributed by atoms with Crippen molar-refractivity contribution in [2.75, 3.05) is 19.6 Å². The van der Waals surface area contributed by atoms with E-state index in [0.717, 1.165) is 38.9 Å². The van der Waals surface area contributed by atoms with E-state index < -0.39 is 0 Å². The summed E-state index contributed by atoms with van der Waals surface area (Å²) in [5.74, 6) is 0.639. The predicted molar refractivity (Wildman–Crippen MR) is 95.5 cm³/mol. The normalized spacial score (nSPS) is 18.8. The number of likely N-dealkylation sites (tertiary alicyclic amines) is 1. The Bertz CT molecular complexity index is 650. The number of hydrogen-bond acceptors (Lipinski definition) is 3. The summed E-state index contributed by atoms with van der Waals surface area (Å²) < 4.78 is 5.19. The van der Waals surface area contributed by atoms with Crippen LogP contribution in [0.5, 0.6) is 0 Å². The van der Waals surface area contributed by atoms with E-state index in [9.17, 15) is 4.79 Å². The summed E-state index contributed by atoms with van der Waals surface area (Å²) in [6.07, 6.45) is 8.07. The molecule has 4 heteroatoms. The molecule has 0 saturated carbocycles. The lowest BCUT2D eigenvalue weighted by molar-refractivity contribution is -0.117. The van der Waals surface area contributed by atoms with Gasteiger partial charge in [-0.1, -0.05) is 30.3 Å². The Balaban J connectivity index is 1.44. The molecule has 1 aliphatic heterocycles. The van der Waals surface area contributed by atoms with Gasteiger partial charge in [0.15, 0.2) is 0 Å². The number of piperidine rings is 1. The molecule has 1 atom stereocenters. The number of nitrogens with one attached hydrogen (secondary N) is 1. The Labute approximate surface area is 143 Å². The third kappa shape index (κ3) is 5.10. The zero-order valence-corrected chi connectivity index (χ0v) is 13.9.